The first-order valence-corrected chi connectivity index (χ1v) is 5.74. The van der Waals surface area contributed by atoms with Crippen LogP contribution in [0.4, 0.5) is 8.78 Å². The number of nitrogens with zero attached hydrogens (tertiary/aromatic N) is 3. The number of aliphatic carboxylic acids is 1. The van der Waals surface area contributed by atoms with Crippen LogP contribution in [0.3, 0.4) is 0 Å². The number of halogens is 2. The van der Waals surface area contributed by atoms with Crippen molar-refractivity contribution in [2.24, 2.45) is 5.73 Å². The summed E-state index contributed by atoms with van der Waals surface area (Å²) >= 11 is 0. The highest BCUT2D eigenvalue weighted by molar-refractivity contribution is 5.73. The van der Waals surface area contributed by atoms with Crippen LogP contribution in [-0.2, 0) is 11.2 Å². The molecule has 0 saturated carbocycles. The van der Waals surface area contributed by atoms with Crippen molar-refractivity contribution in [2.75, 3.05) is 0 Å². The molecule has 6 nitrogen and oxygen atoms in total. The zero-order valence-corrected chi connectivity index (χ0v) is 10.5. The van der Waals surface area contributed by atoms with Gasteiger partial charge < -0.3 is 10.8 Å². The topological polar surface area (TPSA) is 94.0 Å². The SMILES string of the molecule is Cc1cc(F)c(-n2cc(CC(N)C(=O)O)nn2)cc1F. The summed E-state index contributed by atoms with van der Waals surface area (Å²) in [5.41, 5.74) is 5.72. The predicted molar refractivity (Wildman–Crippen MR) is 65.3 cm³/mol. The lowest BCUT2D eigenvalue weighted by Gasteiger charge is -2.04. The van der Waals surface area contributed by atoms with Gasteiger partial charge in [0.15, 0.2) is 0 Å². The highest BCUT2D eigenvalue weighted by atomic mass is 19.1. The van der Waals surface area contributed by atoms with E-state index in [9.17, 15) is 13.6 Å². The van der Waals surface area contributed by atoms with E-state index in [0.29, 0.717) is 0 Å². The van der Waals surface area contributed by atoms with E-state index in [-0.39, 0.29) is 23.4 Å². The second kappa shape index (κ2) is 5.33. The smallest absolute Gasteiger partial charge is 0.320 e. The Balaban J connectivity index is 2.29. The van der Waals surface area contributed by atoms with Crippen LogP contribution >= 0.6 is 0 Å². The van der Waals surface area contributed by atoms with E-state index in [1.807, 2.05) is 0 Å². The summed E-state index contributed by atoms with van der Waals surface area (Å²) in [5.74, 6) is -2.39. The highest BCUT2D eigenvalue weighted by Crippen LogP contribution is 2.17. The van der Waals surface area contributed by atoms with E-state index in [0.717, 1.165) is 16.8 Å². The number of hydrogen-bond acceptors (Lipinski definition) is 4. The molecule has 8 heteroatoms. The van der Waals surface area contributed by atoms with Crippen molar-refractivity contribution >= 4 is 5.97 Å². The fourth-order valence-electron chi connectivity index (χ4n) is 1.63. The van der Waals surface area contributed by atoms with Gasteiger partial charge in [-0.25, -0.2) is 13.5 Å². The van der Waals surface area contributed by atoms with Crippen molar-refractivity contribution in [3.63, 3.8) is 0 Å². The molecule has 0 aliphatic carbocycles. The Morgan fingerprint density at radius 2 is 2.15 bits per heavy atom. The van der Waals surface area contributed by atoms with Gasteiger partial charge in [0.1, 0.15) is 23.4 Å². The van der Waals surface area contributed by atoms with Crippen LogP contribution in [0.25, 0.3) is 5.69 Å². The van der Waals surface area contributed by atoms with Gasteiger partial charge in [0.2, 0.25) is 0 Å². The lowest BCUT2D eigenvalue weighted by molar-refractivity contribution is -0.138. The standard InChI is InChI=1S/C12H12F2N4O2/c1-6-2-9(14)11(4-8(6)13)18-5-7(16-17-18)3-10(15)12(19)20/h2,4-5,10H,3,15H2,1H3,(H,19,20). The average molecular weight is 282 g/mol. The van der Waals surface area contributed by atoms with Gasteiger partial charge in [-0.1, -0.05) is 5.21 Å². The number of rotatable bonds is 4. The zero-order valence-electron chi connectivity index (χ0n) is 10.5. The molecule has 1 unspecified atom stereocenters. The van der Waals surface area contributed by atoms with Gasteiger partial charge in [-0.2, -0.15) is 0 Å². The Labute approximate surface area is 112 Å². The van der Waals surface area contributed by atoms with E-state index in [1.54, 1.807) is 0 Å². The molecule has 3 N–H and O–H groups in total. The molecule has 0 aliphatic rings. The minimum absolute atomic E-state index is 0.0503. The summed E-state index contributed by atoms with van der Waals surface area (Å²) in [6, 6.07) is 0.926. The summed E-state index contributed by atoms with van der Waals surface area (Å²) in [7, 11) is 0. The third-order valence-electron chi connectivity index (χ3n) is 2.76. The maximum absolute atomic E-state index is 13.7. The zero-order chi connectivity index (χ0) is 14.9. The first-order valence-electron chi connectivity index (χ1n) is 5.74. The largest absolute Gasteiger partial charge is 0.480 e. The number of hydrogen-bond donors (Lipinski definition) is 2. The molecular weight excluding hydrogens is 270 g/mol. The Morgan fingerprint density at radius 3 is 2.80 bits per heavy atom. The van der Waals surface area contributed by atoms with Gasteiger partial charge in [0.25, 0.3) is 0 Å². The molecule has 0 aliphatic heterocycles. The van der Waals surface area contributed by atoms with E-state index >= 15 is 0 Å². The molecule has 0 fully saturated rings. The number of nitrogens with two attached hydrogens (primary N) is 1. The minimum Gasteiger partial charge on any atom is -0.480 e. The van der Waals surface area contributed by atoms with Crippen molar-refractivity contribution in [3.05, 3.63) is 41.2 Å². The maximum atomic E-state index is 13.7. The van der Waals surface area contributed by atoms with Gasteiger partial charge in [-0.3, -0.25) is 4.79 Å². The van der Waals surface area contributed by atoms with Crippen molar-refractivity contribution in [2.45, 2.75) is 19.4 Å². The molecule has 0 amide bonds. The average Bonchev–Trinajstić information content (AvgIpc) is 2.82. The third kappa shape index (κ3) is 2.80. The molecule has 2 rings (SSSR count). The molecule has 0 radical (unpaired) electrons. The van der Waals surface area contributed by atoms with Crippen LogP contribution in [0.2, 0.25) is 0 Å². The number of carbonyl (C=O) groups is 1. The van der Waals surface area contributed by atoms with E-state index in [1.165, 1.54) is 13.1 Å². The van der Waals surface area contributed by atoms with Gasteiger partial charge in [-0.05, 0) is 18.6 Å². The molecular formula is C12H12F2N4O2. The van der Waals surface area contributed by atoms with Crippen LogP contribution in [0.15, 0.2) is 18.3 Å². The molecule has 0 saturated heterocycles. The van der Waals surface area contributed by atoms with E-state index in [4.69, 9.17) is 10.8 Å². The molecule has 0 bridgehead atoms. The van der Waals surface area contributed by atoms with Crippen LogP contribution < -0.4 is 5.73 Å². The number of aromatic nitrogens is 3. The Bertz CT molecular complexity index is 657. The molecule has 1 aromatic heterocycles. The van der Waals surface area contributed by atoms with Gasteiger partial charge >= 0.3 is 5.97 Å². The Morgan fingerprint density at radius 1 is 1.45 bits per heavy atom. The fourth-order valence-corrected chi connectivity index (χ4v) is 1.63. The summed E-state index contributed by atoms with van der Waals surface area (Å²) in [6.07, 6.45) is 1.27. The highest BCUT2D eigenvalue weighted by Gasteiger charge is 2.16. The van der Waals surface area contributed by atoms with Gasteiger partial charge in [0, 0.05) is 12.5 Å². The van der Waals surface area contributed by atoms with Crippen molar-refractivity contribution in [1.82, 2.24) is 15.0 Å². The lowest BCUT2D eigenvalue weighted by Crippen LogP contribution is -2.32. The van der Waals surface area contributed by atoms with Gasteiger partial charge in [0.05, 0.1) is 11.9 Å². The molecule has 1 atom stereocenters. The quantitative estimate of drug-likeness (QED) is 0.865. The first kappa shape index (κ1) is 14.1. The van der Waals surface area contributed by atoms with E-state index < -0.39 is 23.6 Å². The van der Waals surface area contributed by atoms with Crippen LogP contribution in [0.1, 0.15) is 11.3 Å². The number of benzene rings is 1. The lowest BCUT2D eigenvalue weighted by atomic mass is 10.2. The number of carboxylic acids is 1. The second-order valence-corrected chi connectivity index (χ2v) is 4.36. The molecule has 106 valence electrons. The van der Waals surface area contributed by atoms with Crippen molar-refractivity contribution < 1.29 is 18.7 Å². The molecule has 1 heterocycles. The Hall–Kier alpha value is -2.35. The van der Waals surface area contributed by atoms with Gasteiger partial charge in [-0.15, -0.1) is 5.10 Å². The molecule has 1 aromatic carbocycles. The molecule has 2 aromatic rings. The fraction of sp³-hybridized carbons (Fsp3) is 0.250. The number of aryl methyl sites for hydroxylation is 1. The van der Waals surface area contributed by atoms with Crippen molar-refractivity contribution in [1.29, 1.82) is 0 Å². The number of carboxylic acid groups (broad SMARTS) is 1. The third-order valence-corrected chi connectivity index (χ3v) is 2.76. The molecule has 0 spiro atoms. The predicted octanol–water partition coefficient (Wildman–Crippen LogP) is 0.808. The second-order valence-electron chi connectivity index (χ2n) is 4.36. The molecule has 20 heavy (non-hydrogen) atoms. The maximum Gasteiger partial charge on any atom is 0.320 e. The summed E-state index contributed by atoms with van der Waals surface area (Å²) < 4.78 is 28.2. The van der Waals surface area contributed by atoms with Crippen LogP contribution in [-0.4, -0.2) is 32.1 Å². The van der Waals surface area contributed by atoms with Crippen LogP contribution in [0, 0.1) is 18.6 Å². The summed E-state index contributed by atoms with van der Waals surface area (Å²) in [6.45, 7) is 1.45. The monoisotopic (exact) mass is 282 g/mol. The van der Waals surface area contributed by atoms with Crippen LogP contribution in [0.5, 0.6) is 0 Å². The normalized spacial score (nSPS) is 12.4. The van der Waals surface area contributed by atoms with Crippen molar-refractivity contribution in [3.8, 4) is 5.69 Å². The first-order chi connectivity index (χ1) is 9.38. The minimum atomic E-state index is -1.17. The summed E-state index contributed by atoms with van der Waals surface area (Å²) in [5, 5.41) is 16.0. The Kier molecular flexibility index (Phi) is 3.75. The summed E-state index contributed by atoms with van der Waals surface area (Å²) in [4.78, 5) is 10.6. The van der Waals surface area contributed by atoms with E-state index in [2.05, 4.69) is 10.3 Å².